The topological polar surface area (TPSA) is 66.8 Å². The van der Waals surface area contributed by atoms with Gasteiger partial charge in [0.1, 0.15) is 22.8 Å². The maximum Gasteiger partial charge on any atom is 0.182 e. The van der Waals surface area contributed by atoms with Crippen molar-refractivity contribution in [2.24, 2.45) is 0 Å². The first-order valence-corrected chi connectivity index (χ1v) is 6.66. The number of hydrogen-bond donors (Lipinski definition) is 2. The molecule has 0 atom stereocenters. The van der Waals surface area contributed by atoms with Gasteiger partial charge in [-0.2, -0.15) is 0 Å². The van der Waals surface area contributed by atoms with Crippen LogP contribution in [0.15, 0.2) is 60.7 Å². The fraction of sp³-hybridized carbons (Fsp3) is 0.0556. The summed E-state index contributed by atoms with van der Waals surface area (Å²) < 4.78 is 5.07. The van der Waals surface area contributed by atoms with Crippen LogP contribution in [0.2, 0.25) is 0 Å². The monoisotopic (exact) mass is 296 g/mol. The molecule has 0 aliphatic carbocycles. The summed E-state index contributed by atoms with van der Waals surface area (Å²) in [5, 5.41) is 19.9. The minimum Gasteiger partial charge on any atom is -0.507 e. The molecule has 4 nitrogen and oxygen atoms in total. The Morgan fingerprint density at radius 3 is 2.50 bits per heavy atom. The molecule has 0 aliphatic rings. The zero-order chi connectivity index (χ0) is 15.9. The third kappa shape index (κ3) is 3.76. The first-order chi connectivity index (χ1) is 10.6. The van der Waals surface area contributed by atoms with Gasteiger partial charge in [-0.15, -0.1) is 0 Å². The van der Waals surface area contributed by atoms with Gasteiger partial charge in [-0.3, -0.25) is 4.79 Å². The quantitative estimate of drug-likeness (QED) is 0.653. The number of carbonyl (C=O) groups is 1. The number of methoxy groups -OCH3 is 1. The number of allylic oxidation sites excluding steroid dienone is 2. The number of aliphatic hydroxyl groups excluding tert-OH is 1. The normalized spacial score (nSPS) is 11.6. The Labute approximate surface area is 128 Å². The van der Waals surface area contributed by atoms with Gasteiger partial charge in [-0.25, -0.2) is 0 Å². The molecular formula is C18H16O4. The number of carbonyl (C=O) groups excluding carboxylic acids is 1. The largest absolute Gasteiger partial charge is 0.507 e. The lowest BCUT2D eigenvalue weighted by atomic mass is 10.1. The van der Waals surface area contributed by atoms with Gasteiger partial charge in [0, 0.05) is 6.08 Å². The molecule has 2 aromatic rings. The van der Waals surface area contributed by atoms with Gasteiger partial charge in [-0.1, -0.05) is 42.5 Å². The van der Waals surface area contributed by atoms with Gasteiger partial charge in [-0.05, 0) is 23.8 Å². The average molecular weight is 296 g/mol. The molecule has 112 valence electrons. The van der Waals surface area contributed by atoms with Crippen LogP contribution >= 0.6 is 0 Å². The molecule has 0 fully saturated rings. The minimum absolute atomic E-state index is 0.0893. The smallest absolute Gasteiger partial charge is 0.182 e. The summed E-state index contributed by atoms with van der Waals surface area (Å²) in [4.78, 5) is 11.9. The highest BCUT2D eigenvalue weighted by Gasteiger charge is 2.13. The second-order valence-corrected chi connectivity index (χ2v) is 4.53. The summed E-state index contributed by atoms with van der Waals surface area (Å²) >= 11 is 0. The zero-order valence-corrected chi connectivity index (χ0v) is 12.1. The molecule has 4 heteroatoms. The number of rotatable bonds is 5. The molecule has 2 N–H and O–H groups in total. The molecule has 0 spiro atoms. The molecule has 0 radical (unpaired) electrons. The maximum absolute atomic E-state index is 11.9. The Bertz CT molecular complexity index is 715. The number of ketones is 1. The summed E-state index contributed by atoms with van der Waals surface area (Å²) in [6, 6.07) is 13.9. The molecule has 0 saturated carbocycles. The first kappa shape index (κ1) is 15.4. The zero-order valence-electron chi connectivity index (χ0n) is 12.1. The van der Waals surface area contributed by atoms with Gasteiger partial charge in [0.2, 0.25) is 0 Å². The molecule has 0 aromatic heterocycles. The SMILES string of the molecule is COc1cccc(O)c1/C(O)=C/C(=O)/C=C/c1ccccc1. The predicted octanol–water partition coefficient (Wildman–Crippen LogP) is 3.58. The fourth-order valence-electron chi connectivity index (χ4n) is 1.94. The van der Waals surface area contributed by atoms with Crippen molar-refractivity contribution in [2.45, 2.75) is 0 Å². The number of phenols is 1. The molecule has 0 bridgehead atoms. The van der Waals surface area contributed by atoms with Gasteiger partial charge in [0.15, 0.2) is 5.78 Å². The van der Waals surface area contributed by atoms with Crippen LogP contribution in [-0.2, 0) is 4.79 Å². The number of ether oxygens (including phenoxy) is 1. The van der Waals surface area contributed by atoms with Crippen LogP contribution in [-0.4, -0.2) is 23.1 Å². The summed E-state index contributed by atoms with van der Waals surface area (Å²) in [6.45, 7) is 0. The van der Waals surface area contributed by atoms with Crippen LogP contribution in [0.25, 0.3) is 11.8 Å². The van der Waals surface area contributed by atoms with Crippen molar-refractivity contribution in [3.05, 3.63) is 71.8 Å². The number of phenolic OH excluding ortho intramolecular Hbond substituents is 1. The number of benzene rings is 2. The van der Waals surface area contributed by atoms with E-state index >= 15 is 0 Å². The van der Waals surface area contributed by atoms with Crippen LogP contribution in [0.4, 0.5) is 0 Å². The van der Waals surface area contributed by atoms with Crippen LogP contribution in [0.5, 0.6) is 11.5 Å². The van der Waals surface area contributed by atoms with Crippen LogP contribution in [0.3, 0.4) is 0 Å². The van der Waals surface area contributed by atoms with E-state index in [-0.39, 0.29) is 22.8 Å². The highest BCUT2D eigenvalue weighted by atomic mass is 16.5. The first-order valence-electron chi connectivity index (χ1n) is 6.66. The van der Waals surface area contributed by atoms with E-state index in [0.717, 1.165) is 11.6 Å². The Balaban J connectivity index is 2.22. The molecular weight excluding hydrogens is 280 g/mol. The van der Waals surface area contributed by atoms with Crippen molar-refractivity contribution >= 4 is 17.6 Å². The highest BCUT2D eigenvalue weighted by molar-refractivity contribution is 6.06. The molecule has 0 amide bonds. The van der Waals surface area contributed by atoms with Crippen molar-refractivity contribution in [2.75, 3.05) is 7.11 Å². The van der Waals surface area contributed by atoms with Crippen LogP contribution in [0.1, 0.15) is 11.1 Å². The molecule has 2 aromatic carbocycles. The average Bonchev–Trinajstić information content (AvgIpc) is 2.53. The molecule has 0 aliphatic heterocycles. The van der Waals surface area contributed by atoms with Crippen molar-refractivity contribution < 1.29 is 19.7 Å². The second kappa shape index (κ2) is 7.13. The number of aliphatic hydroxyl groups is 1. The summed E-state index contributed by atoms with van der Waals surface area (Å²) in [6.07, 6.45) is 4.03. The van der Waals surface area contributed by atoms with Crippen molar-refractivity contribution in [1.29, 1.82) is 0 Å². The van der Waals surface area contributed by atoms with Crippen molar-refractivity contribution in [3.63, 3.8) is 0 Å². The van der Waals surface area contributed by atoms with Crippen LogP contribution in [0, 0.1) is 0 Å². The lowest BCUT2D eigenvalue weighted by molar-refractivity contribution is -0.110. The van der Waals surface area contributed by atoms with E-state index in [1.54, 1.807) is 18.2 Å². The van der Waals surface area contributed by atoms with E-state index in [0.29, 0.717) is 0 Å². The molecule has 0 heterocycles. The van der Waals surface area contributed by atoms with Crippen LogP contribution < -0.4 is 4.74 Å². The summed E-state index contributed by atoms with van der Waals surface area (Å²) in [7, 11) is 1.42. The van der Waals surface area contributed by atoms with E-state index in [1.165, 1.54) is 19.3 Å². The Kier molecular flexibility index (Phi) is 4.98. The summed E-state index contributed by atoms with van der Waals surface area (Å²) in [5.41, 5.74) is 0.968. The molecule has 2 rings (SSSR count). The van der Waals surface area contributed by atoms with E-state index in [4.69, 9.17) is 4.74 Å². The number of hydrogen-bond acceptors (Lipinski definition) is 4. The van der Waals surface area contributed by atoms with Gasteiger partial charge in [0.25, 0.3) is 0 Å². The number of aromatic hydroxyl groups is 1. The Morgan fingerprint density at radius 1 is 1.09 bits per heavy atom. The summed E-state index contributed by atoms with van der Waals surface area (Å²) in [5.74, 6) is -0.620. The predicted molar refractivity (Wildman–Crippen MR) is 85.7 cm³/mol. The molecule has 0 unspecified atom stereocenters. The molecule has 22 heavy (non-hydrogen) atoms. The van der Waals surface area contributed by atoms with Crippen molar-refractivity contribution in [1.82, 2.24) is 0 Å². The lowest BCUT2D eigenvalue weighted by Crippen LogP contribution is -1.95. The van der Waals surface area contributed by atoms with Gasteiger partial charge < -0.3 is 14.9 Å². The molecule has 0 saturated heterocycles. The van der Waals surface area contributed by atoms with Gasteiger partial charge >= 0.3 is 0 Å². The standard InChI is InChI=1S/C18H16O4/c1-22-17-9-5-8-15(20)18(17)16(21)12-14(19)11-10-13-6-3-2-4-7-13/h2-12,20-21H,1H3/b11-10+,16-12-. The second-order valence-electron chi connectivity index (χ2n) is 4.53. The third-order valence-electron chi connectivity index (χ3n) is 3.00. The van der Waals surface area contributed by atoms with Crippen molar-refractivity contribution in [3.8, 4) is 11.5 Å². The Morgan fingerprint density at radius 2 is 1.82 bits per heavy atom. The maximum atomic E-state index is 11.9. The van der Waals surface area contributed by atoms with Gasteiger partial charge in [0.05, 0.1) is 7.11 Å². The fourth-order valence-corrected chi connectivity index (χ4v) is 1.94. The van der Waals surface area contributed by atoms with E-state index in [2.05, 4.69) is 0 Å². The van der Waals surface area contributed by atoms with E-state index < -0.39 is 5.78 Å². The highest BCUT2D eigenvalue weighted by Crippen LogP contribution is 2.32. The van der Waals surface area contributed by atoms with E-state index in [1.807, 2.05) is 30.3 Å². The lowest BCUT2D eigenvalue weighted by Gasteiger charge is -2.08. The Hall–Kier alpha value is -3.01. The third-order valence-corrected chi connectivity index (χ3v) is 3.00. The minimum atomic E-state index is -0.397. The van der Waals surface area contributed by atoms with E-state index in [9.17, 15) is 15.0 Å².